The zero-order chi connectivity index (χ0) is 15.6. The fraction of sp³-hybridized carbons (Fsp3) is 0.333. The van der Waals surface area contributed by atoms with Gasteiger partial charge < -0.3 is 4.74 Å². The maximum absolute atomic E-state index is 12.7. The summed E-state index contributed by atoms with van der Waals surface area (Å²) in [6, 6.07) is 9.29. The second-order valence-corrected chi connectivity index (χ2v) is 4.67. The number of hydrogen-bond donors (Lipinski definition) is 0. The van der Waals surface area contributed by atoms with Crippen molar-refractivity contribution < 1.29 is 9.53 Å². The fourth-order valence-electron chi connectivity index (χ4n) is 2.25. The van der Waals surface area contributed by atoms with Gasteiger partial charge in [-0.2, -0.15) is 0 Å². The number of ether oxygens (including phenoxy) is 1. The summed E-state index contributed by atoms with van der Waals surface area (Å²) >= 11 is 0. The summed E-state index contributed by atoms with van der Waals surface area (Å²) in [6.45, 7) is 3.79. The lowest BCUT2D eigenvalue weighted by atomic mass is 10.3. The number of benzene rings is 1. The molecule has 0 unspecified atom stereocenters. The van der Waals surface area contributed by atoms with Crippen molar-refractivity contribution >= 4 is 11.8 Å². The van der Waals surface area contributed by atoms with E-state index in [1.165, 1.54) is 16.6 Å². The second-order valence-electron chi connectivity index (χ2n) is 4.67. The van der Waals surface area contributed by atoms with Crippen LogP contribution >= 0.6 is 0 Å². The van der Waals surface area contributed by atoms with Crippen LogP contribution in [0, 0.1) is 6.92 Å². The van der Waals surface area contributed by atoms with Gasteiger partial charge in [0.1, 0.15) is 5.69 Å². The third-order valence-corrected chi connectivity index (χ3v) is 3.40. The molecular weight excluding hydrogens is 270 g/mol. The highest BCUT2D eigenvalue weighted by atomic mass is 16.6. The molecule has 2 aromatic rings. The quantitative estimate of drug-likeness (QED) is 0.869. The van der Waals surface area contributed by atoms with E-state index in [0.717, 1.165) is 5.69 Å². The van der Waals surface area contributed by atoms with Crippen LogP contribution in [-0.4, -0.2) is 29.1 Å². The van der Waals surface area contributed by atoms with E-state index in [-0.39, 0.29) is 12.2 Å². The number of carbonyl (C=O) groups is 1. The minimum Gasteiger partial charge on any atom is -0.449 e. The first-order valence-electron chi connectivity index (χ1n) is 6.73. The Labute approximate surface area is 123 Å². The van der Waals surface area contributed by atoms with Crippen molar-refractivity contribution in [2.75, 3.05) is 18.6 Å². The highest BCUT2D eigenvalue weighted by Crippen LogP contribution is 2.17. The Balaban J connectivity index is 2.56. The molecule has 6 nitrogen and oxygen atoms in total. The zero-order valence-electron chi connectivity index (χ0n) is 12.7. The molecule has 1 aromatic heterocycles. The van der Waals surface area contributed by atoms with Crippen molar-refractivity contribution in [1.82, 2.24) is 9.36 Å². The topological polar surface area (TPSA) is 56.5 Å². The molecule has 0 atom stereocenters. The highest BCUT2D eigenvalue weighted by molar-refractivity contribution is 5.87. The Morgan fingerprint density at radius 2 is 1.90 bits per heavy atom. The van der Waals surface area contributed by atoms with Crippen LogP contribution in [0.4, 0.5) is 10.5 Å². The van der Waals surface area contributed by atoms with Gasteiger partial charge in [0.05, 0.1) is 18.0 Å². The molecule has 0 N–H and O–H groups in total. The summed E-state index contributed by atoms with van der Waals surface area (Å²) in [4.78, 5) is 25.8. The Kier molecular flexibility index (Phi) is 4.16. The molecule has 1 amide bonds. The van der Waals surface area contributed by atoms with Gasteiger partial charge in [0.2, 0.25) is 0 Å². The standard InChI is InChI=1S/C15H19N3O3/c1-5-21-15(20)16(3)13-11(2)17(4)18(14(13)19)12-9-7-6-8-10-12/h6-10H,5H2,1-4H3. The number of rotatable bonds is 3. The lowest BCUT2D eigenvalue weighted by Gasteiger charge is -2.14. The van der Waals surface area contributed by atoms with Gasteiger partial charge in [-0.15, -0.1) is 0 Å². The molecule has 2 rings (SSSR count). The average molecular weight is 289 g/mol. The SMILES string of the molecule is CCOC(=O)N(C)c1c(C)n(C)n(-c2ccccc2)c1=O. The summed E-state index contributed by atoms with van der Waals surface area (Å²) in [6.07, 6.45) is -0.538. The predicted octanol–water partition coefficient (Wildman–Crippen LogP) is 2.08. The van der Waals surface area contributed by atoms with Gasteiger partial charge >= 0.3 is 6.09 Å². The van der Waals surface area contributed by atoms with Gasteiger partial charge in [-0.1, -0.05) is 18.2 Å². The average Bonchev–Trinajstić information content (AvgIpc) is 2.70. The van der Waals surface area contributed by atoms with Gasteiger partial charge in [-0.05, 0) is 26.0 Å². The molecule has 6 heteroatoms. The molecule has 0 spiro atoms. The van der Waals surface area contributed by atoms with E-state index in [2.05, 4.69) is 0 Å². The minimum atomic E-state index is -0.538. The number of hydrogen-bond acceptors (Lipinski definition) is 3. The predicted molar refractivity (Wildman–Crippen MR) is 81.2 cm³/mol. The lowest BCUT2D eigenvalue weighted by molar-refractivity contribution is 0.161. The first-order valence-corrected chi connectivity index (χ1v) is 6.73. The fourth-order valence-corrected chi connectivity index (χ4v) is 2.25. The molecule has 1 heterocycles. The molecule has 0 aliphatic carbocycles. The molecule has 21 heavy (non-hydrogen) atoms. The normalized spacial score (nSPS) is 10.5. The van der Waals surface area contributed by atoms with Crippen molar-refractivity contribution in [3.8, 4) is 5.69 Å². The van der Waals surface area contributed by atoms with E-state index >= 15 is 0 Å². The van der Waals surface area contributed by atoms with E-state index in [9.17, 15) is 9.59 Å². The molecule has 0 fully saturated rings. The van der Waals surface area contributed by atoms with E-state index in [1.807, 2.05) is 30.3 Å². The largest absolute Gasteiger partial charge is 0.449 e. The van der Waals surface area contributed by atoms with Crippen molar-refractivity contribution in [3.05, 3.63) is 46.4 Å². The van der Waals surface area contributed by atoms with Crippen LogP contribution in [0.5, 0.6) is 0 Å². The van der Waals surface area contributed by atoms with Crippen molar-refractivity contribution in [2.24, 2.45) is 7.05 Å². The van der Waals surface area contributed by atoms with Crippen LogP contribution in [0.25, 0.3) is 5.69 Å². The molecule has 0 radical (unpaired) electrons. The van der Waals surface area contributed by atoms with Crippen molar-refractivity contribution in [3.63, 3.8) is 0 Å². The molecule has 112 valence electrons. The van der Waals surface area contributed by atoms with E-state index in [0.29, 0.717) is 11.4 Å². The third kappa shape index (κ3) is 2.56. The number of para-hydroxylation sites is 1. The smallest absolute Gasteiger partial charge is 0.414 e. The van der Waals surface area contributed by atoms with Crippen LogP contribution < -0.4 is 10.5 Å². The summed E-state index contributed by atoms with van der Waals surface area (Å²) in [5, 5.41) is 0. The van der Waals surface area contributed by atoms with Crippen LogP contribution in [0.1, 0.15) is 12.6 Å². The maximum Gasteiger partial charge on any atom is 0.414 e. The Hall–Kier alpha value is -2.50. The van der Waals surface area contributed by atoms with Crippen LogP contribution in [0.2, 0.25) is 0 Å². The number of carbonyl (C=O) groups excluding carboxylic acids is 1. The molecular formula is C15H19N3O3. The second kappa shape index (κ2) is 5.87. The zero-order valence-corrected chi connectivity index (χ0v) is 12.7. The van der Waals surface area contributed by atoms with E-state index in [1.54, 1.807) is 25.6 Å². The lowest BCUT2D eigenvalue weighted by Crippen LogP contribution is -2.32. The van der Waals surface area contributed by atoms with Crippen molar-refractivity contribution in [1.29, 1.82) is 0 Å². The first kappa shape index (κ1) is 14.9. The van der Waals surface area contributed by atoms with Crippen LogP contribution in [-0.2, 0) is 11.8 Å². The third-order valence-electron chi connectivity index (χ3n) is 3.40. The van der Waals surface area contributed by atoms with Gasteiger partial charge in [0.15, 0.2) is 0 Å². The minimum absolute atomic E-state index is 0.253. The summed E-state index contributed by atoms with van der Waals surface area (Å²) < 4.78 is 8.21. The summed E-state index contributed by atoms with van der Waals surface area (Å²) in [5.41, 5.74) is 1.51. The molecule has 0 aliphatic rings. The van der Waals surface area contributed by atoms with E-state index in [4.69, 9.17) is 4.74 Å². The maximum atomic E-state index is 12.7. The molecule has 0 aliphatic heterocycles. The number of aromatic nitrogens is 2. The molecule has 0 bridgehead atoms. The van der Waals surface area contributed by atoms with Crippen molar-refractivity contribution in [2.45, 2.75) is 13.8 Å². The Bertz CT molecular complexity index is 701. The van der Waals surface area contributed by atoms with Gasteiger partial charge in [0, 0.05) is 14.1 Å². The molecule has 0 saturated carbocycles. The number of anilines is 1. The Morgan fingerprint density at radius 3 is 2.48 bits per heavy atom. The van der Waals surface area contributed by atoms with Gasteiger partial charge in [-0.25, -0.2) is 9.48 Å². The van der Waals surface area contributed by atoms with E-state index < -0.39 is 6.09 Å². The molecule has 0 saturated heterocycles. The summed E-state index contributed by atoms with van der Waals surface area (Å²) in [5.74, 6) is 0. The molecule has 1 aromatic carbocycles. The highest BCUT2D eigenvalue weighted by Gasteiger charge is 2.23. The summed E-state index contributed by atoms with van der Waals surface area (Å²) in [7, 11) is 3.32. The number of nitrogens with zero attached hydrogens (tertiary/aromatic N) is 3. The first-order chi connectivity index (χ1) is 9.99. The van der Waals surface area contributed by atoms with Gasteiger partial charge in [-0.3, -0.25) is 14.4 Å². The van der Waals surface area contributed by atoms with Crippen LogP contribution in [0.15, 0.2) is 35.1 Å². The number of amides is 1. The van der Waals surface area contributed by atoms with Gasteiger partial charge in [0.25, 0.3) is 5.56 Å². The Morgan fingerprint density at radius 1 is 1.29 bits per heavy atom. The van der Waals surface area contributed by atoms with Crippen LogP contribution in [0.3, 0.4) is 0 Å². The monoisotopic (exact) mass is 289 g/mol.